The van der Waals surface area contributed by atoms with Crippen LogP contribution in [0.4, 0.5) is 10.5 Å². The Morgan fingerprint density at radius 2 is 1.40 bits per heavy atom. The van der Waals surface area contributed by atoms with E-state index in [0.717, 1.165) is 11.1 Å². The van der Waals surface area contributed by atoms with Gasteiger partial charge in [0.2, 0.25) is 0 Å². The molecule has 0 aliphatic rings. The van der Waals surface area contributed by atoms with E-state index in [9.17, 15) is 9.59 Å². The fourth-order valence-corrected chi connectivity index (χ4v) is 2.63. The molecule has 8 nitrogen and oxygen atoms in total. The van der Waals surface area contributed by atoms with Crippen molar-refractivity contribution in [2.75, 3.05) is 20.0 Å². The van der Waals surface area contributed by atoms with Gasteiger partial charge in [0.25, 0.3) is 5.91 Å². The summed E-state index contributed by atoms with van der Waals surface area (Å²) in [5.74, 6) is 0.574. The standard InChI is InChI=1S/C22H29N3O5/c1-22(2,3)30-21(27)25-13-15-8-6-14(7-9-15)12-24-20(26)16-10-18(28-4)19(29-5)11-17(16)23/h6-11H,12-13,23H2,1-5H3,(H,24,26)(H,25,27). The number of carbonyl (C=O) groups excluding carboxylic acids is 2. The summed E-state index contributed by atoms with van der Waals surface area (Å²) in [4.78, 5) is 24.2. The minimum absolute atomic E-state index is 0.300. The molecule has 0 saturated carbocycles. The van der Waals surface area contributed by atoms with E-state index in [0.29, 0.717) is 35.8 Å². The fraction of sp³-hybridized carbons (Fsp3) is 0.364. The van der Waals surface area contributed by atoms with E-state index in [-0.39, 0.29) is 5.91 Å². The van der Waals surface area contributed by atoms with Gasteiger partial charge in [-0.1, -0.05) is 24.3 Å². The van der Waals surface area contributed by atoms with Gasteiger partial charge in [-0.05, 0) is 38.0 Å². The number of ether oxygens (including phenoxy) is 3. The van der Waals surface area contributed by atoms with Gasteiger partial charge in [-0.3, -0.25) is 4.79 Å². The van der Waals surface area contributed by atoms with Crippen molar-refractivity contribution in [3.05, 3.63) is 53.1 Å². The Kier molecular flexibility index (Phi) is 7.52. The molecule has 4 N–H and O–H groups in total. The molecule has 0 unspecified atom stereocenters. The molecule has 0 aliphatic carbocycles. The second kappa shape index (κ2) is 9.87. The van der Waals surface area contributed by atoms with Crippen LogP contribution in [0.15, 0.2) is 36.4 Å². The summed E-state index contributed by atoms with van der Waals surface area (Å²) in [5.41, 5.74) is 7.86. The van der Waals surface area contributed by atoms with Crippen LogP contribution in [0.1, 0.15) is 42.3 Å². The van der Waals surface area contributed by atoms with Crippen LogP contribution in [0.25, 0.3) is 0 Å². The number of hydrogen-bond acceptors (Lipinski definition) is 6. The molecule has 0 saturated heterocycles. The molecule has 0 radical (unpaired) electrons. The number of nitrogen functional groups attached to an aromatic ring is 1. The molecule has 0 heterocycles. The maximum atomic E-state index is 12.5. The molecule has 0 bridgehead atoms. The van der Waals surface area contributed by atoms with Crippen molar-refractivity contribution in [2.24, 2.45) is 0 Å². The number of alkyl carbamates (subject to hydrolysis) is 1. The topological polar surface area (TPSA) is 112 Å². The molecule has 2 amide bonds. The predicted octanol–water partition coefficient (Wildman–Crippen LogP) is 3.24. The summed E-state index contributed by atoms with van der Waals surface area (Å²) in [5, 5.41) is 5.54. The number of amides is 2. The molecule has 0 atom stereocenters. The van der Waals surface area contributed by atoms with Gasteiger partial charge < -0.3 is 30.6 Å². The first kappa shape index (κ1) is 22.9. The SMILES string of the molecule is COc1cc(N)c(C(=O)NCc2ccc(CNC(=O)OC(C)(C)C)cc2)cc1OC. The van der Waals surface area contributed by atoms with Crippen molar-refractivity contribution in [3.63, 3.8) is 0 Å². The van der Waals surface area contributed by atoms with Gasteiger partial charge in [-0.2, -0.15) is 0 Å². The zero-order valence-corrected chi connectivity index (χ0v) is 18.0. The third kappa shape index (κ3) is 6.58. The minimum atomic E-state index is -0.538. The van der Waals surface area contributed by atoms with Crippen LogP contribution in [0.2, 0.25) is 0 Å². The Morgan fingerprint density at radius 1 is 0.900 bits per heavy atom. The average Bonchev–Trinajstić information content (AvgIpc) is 2.69. The maximum Gasteiger partial charge on any atom is 0.407 e. The normalized spacial score (nSPS) is 10.8. The van der Waals surface area contributed by atoms with E-state index >= 15 is 0 Å². The van der Waals surface area contributed by atoms with Gasteiger partial charge in [0.1, 0.15) is 5.60 Å². The molecule has 2 rings (SSSR count). The molecule has 2 aromatic rings. The van der Waals surface area contributed by atoms with Gasteiger partial charge in [0.05, 0.1) is 19.8 Å². The Morgan fingerprint density at radius 3 is 1.90 bits per heavy atom. The van der Waals surface area contributed by atoms with Crippen molar-refractivity contribution in [3.8, 4) is 11.5 Å². The third-order valence-corrected chi connectivity index (χ3v) is 4.11. The highest BCUT2D eigenvalue weighted by Gasteiger charge is 2.16. The number of rotatable bonds is 7. The molecular formula is C22H29N3O5. The number of anilines is 1. The van der Waals surface area contributed by atoms with Crippen LogP contribution in [0.5, 0.6) is 11.5 Å². The second-order valence-corrected chi connectivity index (χ2v) is 7.65. The number of methoxy groups -OCH3 is 2. The average molecular weight is 415 g/mol. The molecule has 0 fully saturated rings. The summed E-state index contributed by atoms with van der Waals surface area (Å²) in [6.07, 6.45) is -0.466. The van der Waals surface area contributed by atoms with Gasteiger partial charge >= 0.3 is 6.09 Å². The van der Waals surface area contributed by atoms with Crippen LogP contribution >= 0.6 is 0 Å². The molecule has 0 aliphatic heterocycles. The summed E-state index contributed by atoms with van der Waals surface area (Å²) >= 11 is 0. The summed E-state index contributed by atoms with van der Waals surface area (Å²) in [6, 6.07) is 10.6. The summed E-state index contributed by atoms with van der Waals surface area (Å²) < 4.78 is 15.6. The third-order valence-electron chi connectivity index (χ3n) is 4.11. The Balaban J connectivity index is 1.92. The van der Waals surface area contributed by atoms with Crippen molar-refractivity contribution < 1.29 is 23.8 Å². The van der Waals surface area contributed by atoms with E-state index in [1.807, 2.05) is 45.0 Å². The smallest absolute Gasteiger partial charge is 0.407 e. The Hall–Kier alpha value is -3.42. The first-order chi connectivity index (χ1) is 14.1. The zero-order valence-electron chi connectivity index (χ0n) is 18.0. The molecule has 0 spiro atoms. The van der Waals surface area contributed by atoms with E-state index in [2.05, 4.69) is 10.6 Å². The second-order valence-electron chi connectivity index (χ2n) is 7.65. The highest BCUT2D eigenvalue weighted by molar-refractivity contribution is 6.00. The van der Waals surface area contributed by atoms with E-state index in [1.165, 1.54) is 14.2 Å². The molecular weight excluding hydrogens is 386 g/mol. The lowest BCUT2D eigenvalue weighted by atomic mass is 10.1. The lowest BCUT2D eigenvalue weighted by Gasteiger charge is -2.19. The van der Waals surface area contributed by atoms with Crippen molar-refractivity contribution >= 4 is 17.7 Å². The maximum absolute atomic E-state index is 12.5. The van der Waals surface area contributed by atoms with E-state index in [1.54, 1.807) is 12.1 Å². The molecule has 8 heteroatoms. The van der Waals surface area contributed by atoms with Crippen LogP contribution in [0.3, 0.4) is 0 Å². The van der Waals surface area contributed by atoms with Gasteiger partial charge in [-0.15, -0.1) is 0 Å². The predicted molar refractivity (Wildman–Crippen MR) is 115 cm³/mol. The van der Waals surface area contributed by atoms with Crippen molar-refractivity contribution in [2.45, 2.75) is 39.5 Å². The van der Waals surface area contributed by atoms with Crippen molar-refractivity contribution in [1.29, 1.82) is 0 Å². The number of hydrogen-bond donors (Lipinski definition) is 3. The molecule has 2 aromatic carbocycles. The monoisotopic (exact) mass is 415 g/mol. The lowest BCUT2D eigenvalue weighted by Crippen LogP contribution is -2.32. The minimum Gasteiger partial charge on any atom is -0.493 e. The number of nitrogens with two attached hydrogens (primary N) is 1. The quantitative estimate of drug-likeness (QED) is 0.599. The van der Waals surface area contributed by atoms with Gasteiger partial charge in [-0.25, -0.2) is 4.79 Å². The van der Waals surface area contributed by atoms with E-state index < -0.39 is 11.7 Å². The highest BCUT2D eigenvalue weighted by atomic mass is 16.6. The van der Waals surface area contributed by atoms with Crippen LogP contribution in [-0.2, 0) is 17.8 Å². The van der Waals surface area contributed by atoms with Gasteiger partial charge in [0, 0.05) is 24.8 Å². The van der Waals surface area contributed by atoms with E-state index in [4.69, 9.17) is 19.9 Å². The summed E-state index contributed by atoms with van der Waals surface area (Å²) in [6.45, 7) is 6.11. The van der Waals surface area contributed by atoms with Gasteiger partial charge in [0.15, 0.2) is 11.5 Å². The van der Waals surface area contributed by atoms with Crippen LogP contribution in [-0.4, -0.2) is 31.8 Å². The summed E-state index contributed by atoms with van der Waals surface area (Å²) in [7, 11) is 3.00. The molecule has 0 aromatic heterocycles. The first-order valence-corrected chi connectivity index (χ1v) is 9.47. The Bertz CT molecular complexity index is 889. The van der Waals surface area contributed by atoms with Crippen LogP contribution < -0.4 is 25.8 Å². The Labute approximate surface area is 176 Å². The molecule has 162 valence electrons. The largest absolute Gasteiger partial charge is 0.493 e. The number of nitrogens with one attached hydrogen (secondary N) is 2. The number of benzene rings is 2. The zero-order chi connectivity index (χ0) is 22.3. The molecule has 30 heavy (non-hydrogen) atoms. The first-order valence-electron chi connectivity index (χ1n) is 9.47. The number of carbonyl (C=O) groups is 2. The van der Waals surface area contributed by atoms with Crippen LogP contribution in [0, 0.1) is 0 Å². The fourth-order valence-electron chi connectivity index (χ4n) is 2.63. The highest BCUT2D eigenvalue weighted by Crippen LogP contribution is 2.31. The van der Waals surface area contributed by atoms with Crippen molar-refractivity contribution in [1.82, 2.24) is 10.6 Å². The lowest BCUT2D eigenvalue weighted by molar-refractivity contribution is 0.0523.